The molecule has 0 aliphatic carbocycles. The van der Waals surface area contributed by atoms with Crippen LogP contribution in [0, 0.1) is 0 Å². The molecule has 1 aliphatic heterocycles. The molecule has 1 atom stereocenters. The van der Waals surface area contributed by atoms with Gasteiger partial charge in [0.1, 0.15) is 12.1 Å². The molecule has 0 spiro atoms. The topological polar surface area (TPSA) is 79.8 Å². The molecule has 8 nitrogen and oxygen atoms in total. The molecular weight excluding hydrogens is 370 g/mol. The largest absolute Gasteiger partial charge is 0.493 e. The highest BCUT2D eigenvalue weighted by molar-refractivity contribution is 5.75. The van der Waals surface area contributed by atoms with Crippen LogP contribution in [-0.4, -0.2) is 67.3 Å². The summed E-state index contributed by atoms with van der Waals surface area (Å²) in [5.74, 6) is 2.19. The van der Waals surface area contributed by atoms with Gasteiger partial charge in [0.2, 0.25) is 0 Å². The van der Waals surface area contributed by atoms with Crippen LogP contribution in [0.1, 0.15) is 20.3 Å². The minimum Gasteiger partial charge on any atom is -0.493 e. The van der Waals surface area contributed by atoms with Gasteiger partial charge >= 0.3 is 6.03 Å². The number of amides is 2. The van der Waals surface area contributed by atoms with Crippen LogP contribution in [0.25, 0.3) is 11.3 Å². The van der Waals surface area contributed by atoms with E-state index in [-0.39, 0.29) is 12.1 Å². The van der Waals surface area contributed by atoms with Crippen molar-refractivity contribution in [3.05, 3.63) is 30.6 Å². The Kier molecular flexibility index (Phi) is 6.74. The Hall–Kier alpha value is -3.03. The first kappa shape index (κ1) is 20.7. The van der Waals surface area contributed by atoms with Gasteiger partial charge in [-0.1, -0.05) is 6.92 Å². The van der Waals surface area contributed by atoms with Crippen molar-refractivity contribution in [3.8, 4) is 22.8 Å². The molecule has 2 amide bonds. The van der Waals surface area contributed by atoms with Crippen molar-refractivity contribution in [2.45, 2.75) is 26.3 Å². The van der Waals surface area contributed by atoms with Crippen LogP contribution < -0.4 is 19.7 Å². The lowest BCUT2D eigenvalue weighted by atomic mass is 10.1. The summed E-state index contributed by atoms with van der Waals surface area (Å²) < 4.78 is 10.7. The van der Waals surface area contributed by atoms with Gasteiger partial charge < -0.3 is 24.6 Å². The number of carbonyl (C=O) groups excluding carboxylic acids is 1. The molecule has 1 aliphatic rings. The van der Waals surface area contributed by atoms with Crippen molar-refractivity contribution in [3.63, 3.8) is 0 Å². The number of benzene rings is 1. The smallest absolute Gasteiger partial charge is 0.317 e. The Labute approximate surface area is 171 Å². The Bertz CT molecular complexity index is 837. The number of hydrogen-bond acceptors (Lipinski definition) is 6. The molecule has 1 fully saturated rings. The number of urea groups is 1. The molecule has 0 saturated carbocycles. The molecule has 156 valence electrons. The molecule has 1 aromatic heterocycles. The molecule has 2 heterocycles. The lowest BCUT2D eigenvalue weighted by Crippen LogP contribution is -2.53. The van der Waals surface area contributed by atoms with E-state index in [1.165, 1.54) is 0 Å². The molecule has 1 N–H and O–H groups in total. The van der Waals surface area contributed by atoms with E-state index in [2.05, 4.69) is 27.1 Å². The van der Waals surface area contributed by atoms with E-state index in [4.69, 9.17) is 9.47 Å². The summed E-state index contributed by atoms with van der Waals surface area (Å²) in [7, 11) is 3.23. The number of nitrogens with one attached hydrogen (secondary N) is 1. The van der Waals surface area contributed by atoms with Gasteiger partial charge in [0, 0.05) is 43.9 Å². The maximum absolute atomic E-state index is 12.3. The average molecular weight is 399 g/mol. The van der Waals surface area contributed by atoms with Crippen LogP contribution in [0.2, 0.25) is 0 Å². The minimum atomic E-state index is 0.00713. The quantitative estimate of drug-likeness (QED) is 0.805. The lowest BCUT2D eigenvalue weighted by Gasteiger charge is -2.35. The summed E-state index contributed by atoms with van der Waals surface area (Å²) in [5, 5.41) is 3.03. The van der Waals surface area contributed by atoms with Crippen LogP contribution >= 0.6 is 0 Å². The number of anilines is 1. The van der Waals surface area contributed by atoms with Gasteiger partial charge in [-0.3, -0.25) is 0 Å². The molecule has 0 radical (unpaired) electrons. The summed E-state index contributed by atoms with van der Waals surface area (Å²) in [6, 6.07) is 7.88. The van der Waals surface area contributed by atoms with E-state index < -0.39 is 0 Å². The Morgan fingerprint density at radius 1 is 1.10 bits per heavy atom. The normalized spacial score (nSPS) is 15.0. The molecular formula is C21H29N5O3. The summed E-state index contributed by atoms with van der Waals surface area (Å²) >= 11 is 0. The van der Waals surface area contributed by atoms with Crippen molar-refractivity contribution in [2.75, 3.05) is 45.3 Å². The zero-order chi connectivity index (χ0) is 20.8. The third kappa shape index (κ3) is 4.88. The Balaban J connectivity index is 1.69. The van der Waals surface area contributed by atoms with Gasteiger partial charge in [-0.15, -0.1) is 0 Å². The van der Waals surface area contributed by atoms with E-state index in [9.17, 15) is 4.79 Å². The van der Waals surface area contributed by atoms with Crippen molar-refractivity contribution < 1.29 is 14.3 Å². The fourth-order valence-electron chi connectivity index (χ4n) is 3.22. The van der Waals surface area contributed by atoms with Crippen LogP contribution in [0.3, 0.4) is 0 Å². The number of carbonyl (C=O) groups is 1. The summed E-state index contributed by atoms with van der Waals surface area (Å²) in [5.41, 5.74) is 1.74. The molecule has 1 saturated heterocycles. The monoisotopic (exact) mass is 399 g/mol. The predicted octanol–water partition coefficient (Wildman–Crippen LogP) is 2.79. The Morgan fingerprint density at radius 2 is 1.83 bits per heavy atom. The number of piperazine rings is 1. The lowest BCUT2D eigenvalue weighted by molar-refractivity contribution is 0.190. The number of hydrogen-bond donors (Lipinski definition) is 1. The van der Waals surface area contributed by atoms with Crippen molar-refractivity contribution in [1.29, 1.82) is 0 Å². The van der Waals surface area contributed by atoms with E-state index in [1.54, 1.807) is 20.5 Å². The second-order valence-corrected chi connectivity index (χ2v) is 7.06. The van der Waals surface area contributed by atoms with Crippen molar-refractivity contribution in [2.24, 2.45) is 0 Å². The second-order valence-electron chi connectivity index (χ2n) is 7.06. The number of methoxy groups -OCH3 is 2. The van der Waals surface area contributed by atoms with Crippen molar-refractivity contribution >= 4 is 11.8 Å². The highest BCUT2D eigenvalue weighted by Crippen LogP contribution is 2.32. The molecule has 3 rings (SSSR count). The fourth-order valence-corrected chi connectivity index (χ4v) is 3.22. The maximum Gasteiger partial charge on any atom is 0.317 e. The summed E-state index contributed by atoms with van der Waals surface area (Å²) in [6.45, 7) is 6.88. The van der Waals surface area contributed by atoms with Crippen LogP contribution in [0.15, 0.2) is 30.6 Å². The molecule has 8 heteroatoms. The summed E-state index contributed by atoms with van der Waals surface area (Å²) in [4.78, 5) is 25.2. The van der Waals surface area contributed by atoms with Gasteiger partial charge in [-0.2, -0.15) is 0 Å². The number of nitrogens with zero attached hydrogens (tertiary/aromatic N) is 4. The highest BCUT2D eigenvalue weighted by atomic mass is 16.5. The van der Waals surface area contributed by atoms with Gasteiger partial charge in [0.05, 0.1) is 19.9 Å². The van der Waals surface area contributed by atoms with Gasteiger partial charge in [0.25, 0.3) is 0 Å². The third-order valence-electron chi connectivity index (χ3n) is 5.21. The van der Waals surface area contributed by atoms with Gasteiger partial charge in [-0.05, 0) is 31.5 Å². The highest BCUT2D eigenvalue weighted by Gasteiger charge is 2.23. The summed E-state index contributed by atoms with van der Waals surface area (Å²) in [6.07, 6.45) is 2.49. The van der Waals surface area contributed by atoms with Gasteiger partial charge in [0.15, 0.2) is 11.5 Å². The minimum absolute atomic E-state index is 0.00713. The molecule has 0 bridgehead atoms. The van der Waals surface area contributed by atoms with E-state index in [0.29, 0.717) is 24.6 Å². The number of rotatable bonds is 6. The standard InChI is InChI=1S/C21H29N5O3/c1-5-15(2)24-21(27)26-10-8-25(9-11-26)20-13-17(22-14-23-20)16-6-7-18(28-3)19(12-16)29-4/h6-7,12-15H,5,8-11H2,1-4H3,(H,24,27). The first-order valence-corrected chi connectivity index (χ1v) is 9.90. The molecule has 1 unspecified atom stereocenters. The Morgan fingerprint density at radius 3 is 2.48 bits per heavy atom. The van der Waals surface area contributed by atoms with E-state index >= 15 is 0 Å². The number of aromatic nitrogens is 2. The zero-order valence-corrected chi connectivity index (χ0v) is 17.5. The van der Waals surface area contributed by atoms with Gasteiger partial charge in [-0.25, -0.2) is 14.8 Å². The van der Waals surface area contributed by atoms with Crippen LogP contribution in [0.4, 0.5) is 10.6 Å². The average Bonchev–Trinajstić information content (AvgIpc) is 2.78. The van der Waals surface area contributed by atoms with E-state index in [0.717, 1.165) is 36.6 Å². The third-order valence-corrected chi connectivity index (χ3v) is 5.21. The van der Waals surface area contributed by atoms with Crippen molar-refractivity contribution in [1.82, 2.24) is 20.2 Å². The SMILES string of the molecule is CCC(C)NC(=O)N1CCN(c2cc(-c3ccc(OC)c(OC)c3)ncn2)CC1. The zero-order valence-electron chi connectivity index (χ0n) is 17.5. The first-order chi connectivity index (χ1) is 14.0. The molecule has 29 heavy (non-hydrogen) atoms. The fraction of sp³-hybridized carbons (Fsp3) is 0.476. The van der Waals surface area contributed by atoms with Crippen LogP contribution in [-0.2, 0) is 0 Å². The molecule has 1 aromatic carbocycles. The first-order valence-electron chi connectivity index (χ1n) is 9.90. The predicted molar refractivity (Wildman–Crippen MR) is 113 cm³/mol. The second kappa shape index (κ2) is 9.45. The molecule has 2 aromatic rings. The van der Waals surface area contributed by atoms with E-state index in [1.807, 2.05) is 36.1 Å². The van der Waals surface area contributed by atoms with Crippen LogP contribution in [0.5, 0.6) is 11.5 Å². The number of ether oxygens (including phenoxy) is 2. The maximum atomic E-state index is 12.3.